The monoisotopic (exact) mass is 844 g/mol. The maximum absolute atomic E-state index is 2.92. The van der Waals surface area contributed by atoms with Gasteiger partial charge in [0, 0.05) is 0 Å². The van der Waals surface area contributed by atoms with Crippen LogP contribution in [0.3, 0.4) is 0 Å². The average molecular weight is 842 g/mol. The zero-order chi connectivity index (χ0) is 21.6. The molecule has 0 aromatic heterocycles. The van der Waals surface area contributed by atoms with Crippen LogP contribution in [0.25, 0.3) is 0 Å². The van der Waals surface area contributed by atoms with Gasteiger partial charge in [-0.15, -0.1) is 0 Å². The molecule has 0 saturated carbocycles. The van der Waals surface area contributed by atoms with Crippen molar-refractivity contribution >= 4 is 80.4 Å². The topological polar surface area (TPSA) is 0 Å². The van der Waals surface area contributed by atoms with Crippen molar-refractivity contribution in [2.24, 2.45) is 0 Å². The summed E-state index contributed by atoms with van der Waals surface area (Å²) in [6.07, 6.45) is 1.31. The predicted molar refractivity (Wildman–Crippen MR) is 158 cm³/mol. The van der Waals surface area contributed by atoms with Gasteiger partial charge in [0.15, 0.2) is 0 Å². The second-order valence-electron chi connectivity index (χ2n) is 7.92. The van der Waals surface area contributed by atoms with Gasteiger partial charge in [-0.2, -0.15) is 0 Å². The molecule has 0 aliphatic rings. The van der Waals surface area contributed by atoms with Crippen molar-refractivity contribution < 1.29 is 0 Å². The van der Waals surface area contributed by atoms with Gasteiger partial charge in [0.25, 0.3) is 0 Å². The number of benzene rings is 4. The van der Waals surface area contributed by atoms with Crippen LogP contribution in [0.1, 0.15) is 6.42 Å². The van der Waals surface area contributed by atoms with E-state index in [1.54, 1.807) is 14.3 Å². The van der Waals surface area contributed by atoms with Crippen LogP contribution in [-0.2, 0) is 0 Å². The Balaban J connectivity index is 1.64. The van der Waals surface area contributed by atoms with E-state index in [1.807, 2.05) is 0 Å². The number of halogens is 2. The predicted octanol–water partition coefficient (Wildman–Crippen LogP) is 5.77. The summed E-state index contributed by atoms with van der Waals surface area (Å²) >= 11 is 0.387. The van der Waals surface area contributed by atoms with Crippen molar-refractivity contribution in [3.05, 3.63) is 121 Å². The minimum atomic E-state index is -2.72. The van der Waals surface area contributed by atoms with Crippen LogP contribution in [0, 0.1) is 0 Å². The molecule has 0 atom stereocenters. The zero-order valence-corrected chi connectivity index (χ0v) is 27.4. The van der Waals surface area contributed by atoms with E-state index in [0.717, 1.165) is 0 Å². The van der Waals surface area contributed by atoms with Gasteiger partial charge in [-0.05, 0) is 0 Å². The molecule has 0 saturated heterocycles. The molecular weight excluding hydrogens is 816 g/mol. The molecule has 4 aromatic rings. The summed E-state index contributed by atoms with van der Waals surface area (Å²) in [4.78, 5) is 0. The van der Waals surface area contributed by atoms with Crippen molar-refractivity contribution in [1.29, 1.82) is 0 Å². The van der Waals surface area contributed by atoms with E-state index in [2.05, 4.69) is 159 Å². The molecule has 0 spiro atoms. The molecule has 4 rings (SSSR count). The molecule has 4 aromatic carbocycles. The fourth-order valence-corrected chi connectivity index (χ4v) is 39.2. The van der Waals surface area contributed by atoms with Gasteiger partial charge in [0.2, 0.25) is 0 Å². The van der Waals surface area contributed by atoms with Crippen LogP contribution in [0.15, 0.2) is 121 Å². The van der Waals surface area contributed by atoms with Crippen LogP contribution < -0.4 is 14.3 Å². The van der Waals surface area contributed by atoms with E-state index >= 15 is 0 Å². The van der Waals surface area contributed by atoms with Crippen molar-refractivity contribution in [2.75, 3.05) is 0 Å². The summed E-state index contributed by atoms with van der Waals surface area (Å²) in [5.41, 5.74) is 0. The molecule has 0 unspecified atom stereocenters. The Bertz CT molecular complexity index is 903. The first-order valence-electron chi connectivity index (χ1n) is 10.7. The third-order valence-electron chi connectivity index (χ3n) is 5.97. The van der Waals surface area contributed by atoms with Gasteiger partial charge >= 0.3 is 217 Å². The van der Waals surface area contributed by atoms with Crippen molar-refractivity contribution in [3.63, 3.8) is 0 Å². The molecule has 0 aliphatic carbocycles. The molecule has 0 bridgehead atoms. The first-order chi connectivity index (χ1) is 15.1. The van der Waals surface area contributed by atoms with E-state index in [0.29, 0.717) is 0 Å². The Morgan fingerprint density at radius 3 is 0.839 bits per heavy atom. The van der Waals surface area contributed by atoms with Crippen molar-refractivity contribution in [1.82, 2.24) is 0 Å². The standard InChI is InChI=1S/4C6H5.C3H6.2HI.2Sn/c4*1-2-4-6-5-3-1;1-3-2;;;;/h4*1-5H;1-3H2;2*1H;;/q;;;;;;;2*+1/p-2. The van der Waals surface area contributed by atoms with E-state index in [1.165, 1.54) is 15.3 Å². The zero-order valence-electron chi connectivity index (χ0n) is 17.4. The summed E-state index contributed by atoms with van der Waals surface area (Å²) < 4.78 is 9.14. The molecule has 0 fully saturated rings. The van der Waals surface area contributed by atoms with Crippen molar-refractivity contribution in [2.45, 2.75) is 15.3 Å². The van der Waals surface area contributed by atoms with Crippen LogP contribution in [0.2, 0.25) is 8.87 Å². The number of hydrogen-bond donors (Lipinski definition) is 0. The summed E-state index contributed by atoms with van der Waals surface area (Å²) in [7, 11) is 0. The Kier molecular flexibility index (Phi) is 8.84. The molecule has 0 aliphatic heterocycles. The molecular formula is C27H26I2Sn2. The molecule has 0 radical (unpaired) electrons. The summed E-state index contributed by atoms with van der Waals surface area (Å²) in [5.74, 6) is 0. The van der Waals surface area contributed by atoms with Gasteiger partial charge in [-0.1, -0.05) is 0 Å². The molecule has 0 nitrogen and oxygen atoms in total. The van der Waals surface area contributed by atoms with Gasteiger partial charge < -0.3 is 0 Å². The third-order valence-corrected chi connectivity index (χ3v) is 50.1. The molecule has 31 heavy (non-hydrogen) atoms. The molecule has 0 amide bonds. The number of hydrogen-bond acceptors (Lipinski definition) is 0. The molecule has 0 N–H and O–H groups in total. The SMILES string of the molecule is [I][Sn]([CH2]C[CH2][Sn]([I])([c]1ccccc1)[c]1ccccc1)([c]1ccccc1)[c]1ccccc1. The third kappa shape index (κ3) is 5.72. The van der Waals surface area contributed by atoms with Gasteiger partial charge in [-0.25, -0.2) is 0 Å². The normalized spacial score (nSPS) is 11.9. The fraction of sp³-hybridized carbons (Fsp3) is 0.111. The van der Waals surface area contributed by atoms with E-state index in [-0.39, 0.29) is 0 Å². The van der Waals surface area contributed by atoms with Crippen LogP contribution >= 0.6 is 37.3 Å². The maximum atomic E-state index is 2.92. The quantitative estimate of drug-likeness (QED) is 0.157. The first-order valence-corrected chi connectivity index (χ1v) is 37.1. The molecule has 0 heterocycles. The van der Waals surface area contributed by atoms with Gasteiger partial charge in [0.05, 0.1) is 0 Å². The van der Waals surface area contributed by atoms with Crippen molar-refractivity contribution in [3.8, 4) is 0 Å². The Hall–Kier alpha value is -0.0626. The van der Waals surface area contributed by atoms with Crippen LogP contribution in [0.4, 0.5) is 0 Å². The van der Waals surface area contributed by atoms with E-state index in [9.17, 15) is 0 Å². The van der Waals surface area contributed by atoms with Crippen LogP contribution in [-0.4, -0.2) is 28.8 Å². The molecule has 156 valence electrons. The Morgan fingerprint density at radius 1 is 0.387 bits per heavy atom. The second kappa shape index (κ2) is 11.4. The number of rotatable bonds is 8. The van der Waals surface area contributed by atoms with Crippen LogP contribution in [0.5, 0.6) is 0 Å². The fourth-order valence-electron chi connectivity index (χ4n) is 4.30. The van der Waals surface area contributed by atoms with Gasteiger partial charge in [0.1, 0.15) is 0 Å². The minimum absolute atomic E-state index is 1.31. The van der Waals surface area contributed by atoms with E-state index in [4.69, 9.17) is 0 Å². The second-order valence-corrected chi connectivity index (χ2v) is 51.2. The van der Waals surface area contributed by atoms with Gasteiger partial charge in [-0.3, -0.25) is 0 Å². The first kappa shape index (κ1) is 24.1. The summed E-state index contributed by atoms with van der Waals surface area (Å²) in [5, 5.41) is 0. The average Bonchev–Trinajstić information content (AvgIpc) is 2.86. The Labute approximate surface area is 214 Å². The summed E-state index contributed by atoms with van der Waals surface area (Å²) in [6.45, 7) is 0. The molecule has 4 heteroatoms. The Morgan fingerprint density at radius 2 is 0.613 bits per heavy atom. The summed E-state index contributed by atoms with van der Waals surface area (Å²) in [6, 6.07) is 45.4. The van der Waals surface area contributed by atoms with E-state index < -0.39 is 28.8 Å².